The van der Waals surface area contributed by atoms with E-state index in [0.717, 1.165) is 48.4 Å². The fourth-order valence-electron chi connectivity index (χ4n) is 4.78. The number of ether oxygens (including phenoxy) is 1. The first kappa shape index (κ1) is 22.9. The molecular formula is C29H29N3O3. The number of carbonyl (C=O) groups is 1. The molecule has 6 nitrogen and oxygen atoms in total. The number of fused-ring (bicyclic) bond motifs is 1. The normalized spacial score (nSPS) is 15.8. The maximum absolute atomic E-state index is 11.4. The molecule has 0 spiro atoms. The molecule has 4 aromatic rings. The molecule has 2 N–H and O–H groups in total. The van der Waals surface area contributed by atoms with Gasteiger partial charge in [0, 0.05) is 61.0 Å². The van der Waals surface area contributed by atoms with Gasteiger partial charge in [0.15, 0.2) is 0 Å². The Morgan fingerprint density at radius 3 is 2.89 bits per heavy atom. The van der Waals surface area contributed by atoms with E-state index in [1.165, 1.54) is 10.9 Å². The molecule has 1 aromatic heterocycles. The zero-order valence-electron chi connectivity index (χ0n) is 19.6. The highest BCUT2D eigenvalue weighted by Crippen LogP contribution is 2.25. The van der Waals surface area contributed by atoms with Crippen molar-refractivity contribution in [2.24, 2.45) is 0 Å². The van der Waals surface area contributed by atoms with E-state index >= 15 is 0 Å². The van der Waals surface area contributed by atoms with Crippen molar-refractivity contribution >= 4 is 22.4 Å². The second-order valence-corrected chi connectivity index (χ2v) is 8.98. The number of pyridine rings is 1. The highest BCUT2D eigenvalue weighted by atomic mass is 16.5. The van der Waals surface area contributed by atoms with E-state index in [1.54, 1.807) is 12.1 Å². The highest BCUT2D eigenvalue weighted by Gasteiger charge is 2.23. The molecule has 1 saturated heterocycles. The Balaban J connectivity index is 1.15. The monoisotopic (exact) mass is 467 g/mol. The standard InChI is InChI=1S/C29H29N3O3/c33-29(34)27-9-2-1-6-22(27)13-16-35-25-8-3-5-21(17-25)19-32-15-12-24(20-32)31-28-10-4-7-23-18-30-14-11-26(23)28/h1-11,14,17-18,24,31H,12-13,15-16,19-20H2,(H,33,34)/t24-/m1/s1. The van der Waals surface area contributed by atoms with Gasteiger partial charge in [-0.05, 0) is 47.9 Å². The summed E-state index contributed by atoms with van der Waals surface area (Å²) in [5.74, 6) is -0.0907. The smallest absolute Gasteiger partial charge is 0.335 e. The summed E-state index contributed by atoms with van der Waals surface area (Å²) in [6.07, 6.45) is 5.40. The van der Waals surface area contributed by atoms with Gasteiger partial charge < -0.3 is 15.2 Å². The van der Waals surface area contributed by atoms with Gasteiger partial charge in [0.1, 0.15) is 5.75 Å². The zero-order valence-corrected chi connectivity index (χ0v) is 19.6. The highest BCUT2D eigenvalue weighted by molar-refractivity contribution is 5.93. The summed E-state index contributed by atoms with van der Waals surface area (Å²) < 4.78 is 5.96. The Bertz CT molecular complexity index is 1320. The predicted octanol–water partition coefficient (Wildman–Crippen LogP) is 5.24. The van der Waals surface area contributed by atoms with Crippen LogP contribution in [0.4, 0.5) is 5.69 Å². The number of hydrogen-bond donors (Lipinski definition) is 2. The number of anilines is 1. The van der Waals surface area contributed by atoms with Crippen molar-refractivity contribution in [1.29, 1.82) is 0 Å². The third-order valence-electron chi connectivity index (χ3n) is 6.51. The molecule has 0 unspecified atom stereocenters. The first-order valence-electron chi connectivity index (χ1n) is 12.0. The van der Waals surface area contributed by atoms with Gasteiger partial charge in [0.2, 0.25) is 0 Å². The van der Waals surface area contributed by atoms with Crippen molar-refractivity contribution in [3.05, 3.63) is 102 Å². The molecule has 0 aliphatic carbocycles. The van der Waals surface area contributed by atoms with E-state index in [-0.39, 0.29) is 0 Å². The van der Waals surface area contributed by atoms with Crippen LogP contribution in [0.2, 0.25) is 0 Å². The van der Waals surface area contributed by atoms with Crippen LogP contribution in [0, 0.1) is 0 Å². The second kappa shape index (κ2) is 10.6. The average molecular weight is 468 g/mol. The average Bonchev–Trinajstić information content (AvgIpc) is 3.31. The molecule has 1 aliphatic heterocycles. The van der Waals surface area contributed by atoms with Gasteiger partial charge in [-0.1, -0.05) is 42.5 Å². The minimum atomic E-state index is -0.904. The summed E-state index contributed by atoms with van der Waals surface area (Å²) in [4.78, 5) is 18.1. The van der Waals surface area contributed by atoms with E-state index in [1.807, 2.05) is 36.7 Å². The Labute approximate surface area is 205 Å². The lowest BCUT2D eigenvalue weighted by molar-refractivity contribution is 0.0695. The quantitative estimate of drug-likeness (QED) is 0.351. The molecule has 178 valence electrons. The number of rotatable bonds is 9. The van der Waals surface area contributed by atoms with Crippen LogP contribution in [0.5, 0.6) is 5.75 Å². The van der Waals surface area contributed by atoms with Gasteiger partial charge in [0.25, 0.3) is 0 Å². The zero-order chi connectivity index (χ0) is 24.0. The lowest BCUT2D eigenvalue weighted by atomic mass is 10.1. The molecular weight excluding hydrogens is 438 g/mol. The van der Waals surface area contributed by atoms with Crippen LogP contribution in [-0.2, 0) is 13.0 Å². The number of hydrogen-bond acceptors (Lipinski definition) is 5. The maximum atomic E-state index is 11.4. The van der Waals surface area contributed by atoms with E-state index in [0.29, 0.717) is 24.6 Å². The van der Waals surface area contributed by atoms with Gasteiger partial charge in [-0.25, -0.2) is 4.79 Å². The van der Waals surface area contributed by atoms with E-state index in [4.69, 9.17) is 4.74 Å². The van der Waals surface area contributed by atoms with E-state index in [2.05, 4.69) is 51.6 Å². The number of carboxylic acid groups (broad SMARTS) is 1. The molecule has 2 heterocycles. The molecule has 1 atom stereocenters. The van der Waals surface area contributed by atoms with Crippen LogP contribution in [0.15, 0.2) is 85.2 Å². The summed E-state index contributed by atoms with van der Waals surface area (Å²) in [7, 11) is 0. The van der Waals surface area contributed by atoms with E-state index < -0.39 is 5.97 Å². The van der Waals surface area contributed by atoms with Gasteiger partial charge in [-0.3, -0.25) is 9.88 Å². The van der Waals surface area contributed by atoms with Gasteiger partial charge in [0.05, 0.1) is 12.2 Å². The van der Waals surface area contributed by atoms with Crippen LogP contribution in [0.25, 0.3) is 10.8 Å². The van der Waals surface area contributed by atoms with E-state index in [9.17, 15) is 9.90 Å². The lowest BCUT2D eigenvalue weighted by Gasteiger charge is -2.19. The van der Waals surface area contributed by atoms with Gasteiger partial charge in [-0.2, -0.15) is 0 Å². The summed E-state index contributed by atoms with van der Waals surface area (Å²) in [6.45, 7) is 3.33. The number of nitrogens with zero attached hydrogens (tertiary/aromatic N) is 2. The third kappa shape index (κ3) is 5.61. The molecule has 0 amide bonds. The molecule has 3 aromatic carbocycles. The Kier molecular flexibility index (Phi) is 6.91. The number of likely N-dealkylation sites (tertiary alicyclic amines) is 1. The van der Waals surface area contributed by atoms with Crippen LogP contribution >= 0.6 is 0 Å². The summed E-state index contributed by atoms with van der Waals surface area (Å²) >= 11 is 0. The van der Waals surface area contributed by atoms with Gasteiger partial charge >= 0.3 is 5.97 Å². The van der Waals surface area contributed by atoms with Crippen molar-refractivity contribution in [2.45, 2.75) is 25.4 Å². The van der Waals surface area contributed by atoms with Crippen molar-refractivity contribution in [3.8, 4) is 5.75 Å². The van der Waals surface area contributed by atoms with Crippen molar-refractivity contribution < 1.29 is 14.6 Å². The van der Waals surface area contributed by atoms with Crippen LogP contribution in [0.1, 0.15) is 27.9 Å². The number of carboxylic acids is 1. The number of benzene rings is 3. The van der Waals surface area contributed by atoms with Crippen molar-refractivity contribution in [3.63, 3.8) is 0 Å². The molecule has 0 bridgehead atoms. The Hall–Kier alpha value is -3.90. The molecule has 35 heavy (non-hydrogen) atoms. The second-order valence-electron chi connectivity index (χ2n) is 8.98. The fraction of sp³-hybridized carbons (Fsp3) is 0.241. The fourth-order valence-corrected chi connectivity index (χ4v) is 4.78. The summed E-state index contributed by atoms with van der Waals surface area (Å²) in [6, 6.07) is 24.0. The third-order valence-corrected chi connectivity index (χ3v) is 6.51. The van der Waals surface area contributed by atoms with Crippen LogP contribution in [-0.4, -0.2) is 46.7 Å². The lowest BCUT2D eigenvalue weighted by Crippen LogP contribution is -2.26. The topological polar surface area (TPSA) is 74.7 Å². The molecule has 1 aliphatic rings. The van der Waals surface area contributed by atoms with Crippen LogP contribution in [0.3, 0.4) is 0 Å². The molecule has 1 fully saturated rings. The molecule has 6 heteroatoms. The number of nitrogens with one attached hydrogen (secondary N) is 1. The predicted molar refractivity (Wildman–Crippen MR) is 138 cm³/mol. The largest absolute Gasteiger partial charge is 0.493 e. The summed E-state index contributed by atoms with van der Waals surface area (Å²) in [5, 5.41) is 15.4. The molecule has 0 saturated carbocycles. The number of aromatic carboxylic acids is 1. The Morgan fingerprint density at radius 2 is 1.97 bits per heavy atom. The van der Waals surface area contributed by atoms with Crippen molar-refractivity contribution in [1.82, 2.24) is 9.88 Å². The minimum Gasteiger partial charge on any atom is -0.493 e. The summed E-state index contributed by atoms with van der Waals surface area (Å²) in [5.41, 5.74) is 3.50. The maximum Gasteiger partial charge on any atom is 0.335 e. The first-order chi connectivity index (χ1) is 17.2. The minimum absolute atomic E-state index is 0.335. The molecule has 5 rings (SSSR count). The van der Waals surface area contributed by atoms with Gasteiger partial charge in [-0.15, -0.1) is 0 Å². The SMILES string of the molecule is O=C(O)c1ccccc1CCOc1cccc(CN2CC[C@@H](Nc3cccc4cnccc34)C2)c1. The Morgan fingerprint density at radius 1 is 1.09 bits per heavy atom. The van der Waals surface area contributed by atoms with Crippen molar-refractivity contribution in [2.75, 3.05) is 25.0 Å². The first-order valence-corrected chi connectivity index (χ1v) is 12.0. The van der Waals surface area contributed by atoms with Crippen LogP contribution < -0.4 is 10.1 Å². The number of aromatic nitrogens is 1. The molecule has 0 radical (unpaired) electrons.